The van der Waals surface area contributed by atoms with Crippen LogP contribution in [0, 0.1) is 18.8 Å². The van der Waals surface area contributed by atoms with Crippen molar-refractivity contribution in [1.82, 2.24) is 5.32 Å². The summed E-state index contributed by atoms with van der Waals surface area (Å²) in [5.41, 5.74) is 0.747. The van der Waals surface area contributed by atoms with Crippen LogP contribution in [-0.4, -0.2) is 54.2 Å². The zero-order valence-corrected chi connectivity index (χ0v) is 21.1. The molecule has 186 valence electrons. The average Bonchev–Trinajstić information content (AvgIpc) is 3.33. The average molecular weight is 499 g/mol. The van der Waals surface area contributed by atoms with Gasteiger partial charge in [-0.15, -0.1) is 0 Å². The van der Waals surface area contributed by atoms with Crippen molar-refractivity contribution in [2.45, 2.75) is 31.8 Å². The van der Waals surface area contributed by atoms with Gasteiger partial charge in [-0.3, -0.25) is 19.7 Å². The number of hydrogen-bond donors (Lipinski definition) is 2. The molecule has 0 aromatic heterocycles. The zero-order valence-electron chi connectivity index (χ0n) is 20.2. The number of fused-ring (bicyclic) bond motifs is 1. The van der Waals surface area contributed by atoms with E-state index in [1.54, 1.807) is 43.0 Å². The van der Waals surface area contributed by atoms with Crippen molar-refractivity contribution >= 4 is 35.2 Å². The van der Waals surface area contributed by atoms with Gasteiger partial charge in [0.2, 0.25) is 11.8 Å². The molecule has 2 aliphatic rings. The van der Waals surface area contributed by atoms with Gasteiger partial charge in [0.05, 0.1) is 31.2 Å². The topological polar surface area (TPSA) is 105 Å². The Morgan fingerprint density at radius 1 is 1.17 bits per heavy atom. The zero-order chi connectivity index (χ0) is 25.3. The number of rotatable bonds is 8. The number of aryl methyl sites for hydroxylation is 1. The van der Waals surface area contributed by atoms with E-state index in [4.69, 9.17) is 9.47 Å². The Labute approximate surface area is 209 Å². The second-order valence-corrected chi connectivity index (χ2v) is 9.82. The number of ether oxygens (including phenoxy) is 2. The predicted octanol–water partition coefficient (Wildman–Crippen LogP) is 3.21. The summed E-state index contributed by atoms with van der Waals surface area (Å²) in [7, 11) is 1.44. The summed E-state index contributed by atoms with van der Waals surface area (Å²) in [6, 6.07) is 11.3. The Morgan fingerprint density at radius 3 is 2.51 bits per heavy atom. The van der Waals surface area contributed by atoms with Crippen molar-refractivity contribution in [3.05, 3.63) is 53.6 Å². The van der Waals surface area contributed by atoms with Crippen molar-refractivity contribution < 1.29 is 29.0 Å². The number of imide groups is 1. The summed E-state index contributed by atoms with van der Waals surface area (Å²) < 4.78 is 10.7. The molecule has 4 atom stereocenters. The number of phenolic OH excluding ortho intramolecular Hbond substituents is 1. The van der Waals surface area contributed by atoms with E-state index < -0.39 is 35.3 Å². The standard InChI is InChI=1S/C26H30N2O6S/c1-5-34-25(32)26(12-13-35-4)21-20(22(27-26)16-8-11-18(29)19(14-16)33-3)23(30)28(24(21)31)17-9-6-15(2)7-10-17/h6-11,14,20-22,27,29H,5,12-13H2,1-4H3/t20-,21+,22+,26+/m0/s1. The van der Waals surface area contributed by atoms with Gasteiger partial charge in [0.15, 0.2) is 11.5 Å². The Morgan fingerprint density at radius 2 is 1.89 bits per heavy atom. The number of benzene rings is 2. The van der Waals surface area contributed by atoms with Gasteiger partial charge in [0, 0.05) is 6.04 Å². The van der Waals surface area contributed by atoms with E-state index >= 15 is 0 Å². The molecule has 0 saturated carbocycles. The second kappa shape index (κ2) is 9.91. The number of thioether (sulfide) groups is 1. The molecule has 2 aromatic rings. The van der Waals surface area contributed by atoms with Gasteiger partial charge in [-0.25, -0.2) is 4.90 Å². The summed E-state index contributed by atoms with van der Waals surface area (Å²) in [6.45, 7) is 3.80. The minimum absolute atomic E-state index is 0.0417. The molecular weight excluding hydrogens is 468 g/mol. The van der Waals surface area contributed by atoms with Gasteiger partial charge in [-0.05, 0) is 62.1 Å². The number of anilines is 1. The van der Waals surface area contributed by atoms with Crippen LogP contribution in [-0.2, 0) is 19.1 Å². The van der Waals surface area contributed by atoms with Gasteiger partial charge in [-0.2, -0.15) is 11.8 Å². The van der Waals surface area contributed by atoms with Crippen molar-refractivity contribution in [3.8, 4) is 11.5 Å². The number of nitrogens with one attached hydrogen (secondary N) is 1. The Balaban J connectivity index is 1.87. The van der Waals surface area contributed by atoms with Crippen LogP contribution in [0.3, 0.4) is 0 Å². The van der Waals surface area contributed by atoms with Crippen molar-refractivity contribution in [2.75, 3.05) is 30.6 Å². The molecule has 2 N–H and O–H groups in total. The SMILES string of the molecule is CCOC(=O)[C@]1(CCSC)N[C@H](c2ccc(O)c(OC)c2)[C@H]2C(=O)N(c3ccc(C)cc3)C(=O)[C@@H]21. The third-order valence-corrected chi connectivity index (χ3v) is 7.46. The number of amides is 2. The minimum Gasteiger partial charge on any atom is -0.504 e. The van der Waals surface area contributed by atoms with Crippen LogP contribution in [0.25, 0.3) is 0 Å². The molecule has 0 aliphatic carbocycles. The first-order chi connectivity index (χ1) is 16.8. The Bertz CT molecular complexity index is 1140. The van der Waals surface area contributed by atoms with E-state index in [0.717, 1.165) is 5.56 Å². The molecular formula is C26H30N2O6S. The molecule has 35 heavy (non-hydrogen) atoms. The van der Waals surface area contributed by atoms with Crippen molar-refractivity contribution in [1.29, 1.82) is 0 Å². The van der Waals surface area contributed by atoms with Gasteiger partial charge >= 0.3 is 5.97 Å². The van der Waals surface area contributed by atoms with E-state index in [9.17, 15) is 19.5 Å². The smallest absolute Gasteiger partial charge is 0.327 e. The number of nitrogens with zero attached hydrogens (tertiary/aromatic N) is 1. The van der Waals surface area contributed by atoms with Crippen LogP contribution < -0.4 is 15.0 Å². The molecule has 2 heterocycles. The second-order valence-electron chi connectivity index (χ2n) is 8.84. The van der Waals surface area contributed by atoms with E-state index in [-0.39, 0.29) is 24.0 Å². The number of esters is 1. The van der Waals surface area contributed by atoms with Crippen LogP contribution in [0.4, 0.5) is 5.69 Å². The minimum atomic E-state index is -1.37. The van der Waals surface area contributed by atoms with Crippen LogP contribution in [0.2, 0.25) is 0 Å². The fraction of sp³-hybridized carbons (Fsp3) is 0.423. The number of carbonyl (C=O) groups is 3. The normalized spacial score (nSPS) is 25.6. The van der Waals surface area contributed by atoms with Gasteiger partial charge < -0.3 is 14.6 Å². The maximum atomic E-state index is 13.9. The summed E-state index contributed by atoms with van der Waals surface area (Å²) in [5, 5.41) is 13.5. The molecule has 9 heteroatoms. The summed E-state index contributed by atoms with van der Waals surface area (Å²) in [5.74, 6) is -2.30. The highest BCUT2D eigenvalue weighted by atomic mass is 32.2. The van der Waals surface area contributed by atoms with Crippen LogP contribution in [0.1, 0.15) is 30.5 Å². The quantitative estimate of drug-likeness (QED) is 0.422. The van der Waals surface area contributed by atoms with Crippen LogP contribution in [0.5, 0.6) is 11.5 Å². The molecule has 8 nitrogen and oxygen atoms in total. The molecule has 0 bridgehead atoms. The molecule has 0 unspecified atom stereocenters. The largest absolute Gasteiger partial charge is 0.504 e. The van der Waals surface area contributed by atoms with Crippen molar-refractivity contribution in [3.63, 3.8) is 0 Å². The fourth-order valence-corrected chi connectivity index (χ4v) is 5.69. The predicted molar refractivity (Wildman–Crippen MR) is 134 cm³/mol. The molecule has 2 aliphatic heterocycles. The van der Waals surface area contributed by atoms with Crippen molar-refractivity contribution in [2.24, 2.45) is 11.8 Å². The third-order valence-electron chi connectivity index (χ3n) is 6.85. The van der Waals surface area contributed by atoms with Crippen LogP contribution >= 0.6 is 11.8 Å². The highest BCUT2D eigenvalue weighted by Gasteiger charge is 2.68. The fourth-order valence-electron chi connectivity index (χ4n) is 5.17. The lowest BCUT2D eigenvalue weighted by molar-refractivity contribution is -0.154. The highest BCUT2D eigenvalue weighted by Crippen LogP contribution is 2.52. The maximum Gasteiger partial charge on any atom is 0.327 e. The molecule has 2 aromatic carbocycles. The highest BCUT2D eigenvalue weighted by molar-refractivity contribution is 7.98. The first kappa shape index (κ1) is 25.1. The van der Waals surface area contributed by atoms with Gasteiger partial charge in [-0.1, -0.05) is 23.8 Å². The number of phenols is 1. The number of aromatic hydroxyl groups is 1. The molecule has 4 rings (SSSR count). The summed E-state index contributed by atoms with van der Waals surface area (Å²) >= 11 is 1.55. The first-order valence-corrected chi connectivity index (χ1v) is 12.9. The molecule has 2 saturated heterocycles. The molecule has 0 radical (unpaired) electrons. The maximum absolute atomic E-state index is 13.9. The molecule has 0 spiro atoms. The number of methoxy groups -OCH3 is 1. The lowest BCUT2D eigenvalue weighted by atomic mass is 9.78. The lowest BCUT2D eigenvalue weighted by Gasteiger charge is -2.33. The van der Waals surface area contributed by atoms with E-state index in [1.165, 1.54) is 18.1 Å². The van der Waals surface area contributed by atoms with Gasteiger partial charge in [0.25, 0.3) is 0 Å². The monoisotopic (exact) mass is 498 g/mol. The summed E-state index contributed by atoms with van der Waals surface area (Å²) in [6.07, 6.45) is 2.24. The number of hydrogen-bond acceptors (Lipinski definition) is 8. The van der Waals surface area contributed by atoms with E-state index in [2.05, 4.69) is 5.32 Å². The molecule has 2 amide bonds. The first-order valence-electron chi connectivity index (χ1n) is 11.5. The summed E-state index contributed by atoms with van der Waals surface area (Å²) in [4.78, 5) is 42.4. The third kappa shape index (κ3) is 4.16. The molecule has 2 fully saturated rings. The number of carbonyl (C=O) groups excluding carboxylic acids is 3. The van der Waals surface area contributed by atoms with E-state index in [0.29, 0.717) is 23.4 Å². The van der Waals surface area contributed by atoms with E-state index in [1.807, 2.05) is 25.3 Å². The van der Waals surface area contributed by atoms with Crippen LogP contribution in [0.15, 0.2) is 42.5 Å². The Kier molecular flexibility index (Phi) is 7.10. The Hall–Kier alpha value is -3.04. The lowest BCUT2D eigenvalue weighted by Crippen LogP contribution is -2.57. The van der Waals surface area contributed by atoms with Gasteiger partial charge in [0.1, 0.15) is 5.54 Å².